The first kappa shape index (κ1) is 11.2. The standard InChI is InChI=1S/C14H19NO/c1-14(2,11-16)12-5-7-13(8-6-12)15-9-3-4-10-15/h5-8,11H,3-4,9-10H2,1-2H3. The zero-order valence-corrected chi connectivity index (χ0v) is 10.1. The van der Waals surface area contributed by atoms with Gasteiger partial charge in [0.1, 0.15) is 6.29 Å². The van der Waals surface area contributed by atoms with Crippen molar-refractivity contribution in [3.63, 3.8) is 0 Å². The van der Waals surface area contributed by atoms with E-state index in [1.165, 1.54) is 18.5 Å². The Hall–Kier alpha value is -1.31. The second kappa shape index (κ2) is 4.28. The van der Waals surface area contributed by atoms with Gasteiger partial charge in [-0.05, 0) is 44.4 Å². The van der Waals surface area contributed by atoms with E-state index in [0.29, 0.717) is 0 Å². The summed E-state index contributed by atoms with van der Waals surface area (Å²) in [5.41, 5.74) is 2.00. The van der Waals surface area contributed by atoms with Crippen LogP contribution in [0, 0.1) is 0 Å². The molecule has 2 rings (SSSR count). The van der Waals surface area contributed by atoms with E-state index in [1.807, 2.05) is 13.8 Å². The number of hydrogen-bond acceptors (Lipinski definition) is 2. The van der Waals surface area contributed by atoms with Gasteiger partial charge in [0.15, 0.2) is 0 Å². The fourth-order valence-electron chi connectivity index (χ4n) is 2.15. The molecule has 0 spiro atoms. The van der Waals surface area contributed by atoms with Crippen LogP contribution in [0.15, 0.2) is 24.3 Å². The van der Waals surface area contributed by atoms with Crippen LogP contribution in [0.2, 0.25) is 0 Å². The molecule has 1 heterocycles. The van der Waals surface area contributed by atoms with Crippen molar-refractivity contribution in [3.05, 3.63) is 29.8 Å². The fourth-order valence-corrected chi connectivity index (χ4v) is 2.15. The smallest absolute Gasteiger partial charge is 0.129 e. The highest BCUT2D eigenvalue weighted by Gasteiger charge is 2.20. The van der Waals surface area contributed by atoms with Crippen LogP contribution in [0.1, 0.15) is 32.3 Å². The molecule has 2 nitrogen and oxygen atoms in total. The Balaban J connectivity index is 2.18. The van der Waals surface area contributed by atoms with Crippen LogP contribution < -0.4 is 4.90 Å². The Labute approximate surface area is 97.3 Å². The van der Waals surface area contributed by atoms with Gasteiger partial charge in [-0.3, -0.25) is 0 Å². The van der Waals surface area contributed by atoms with E-state index in [4.69, 9.17) is 0 Å². The minimum absolute atomic E-state index is 0.371. The number of aldehydes is 1. The van der Waals surface area contributed by atoms with Gasteiger partial charge in [0, 0.05) is 24.2 Å². The first-order valence-electron chi connectivity index (χ1n) is 5.95. The number of nitrogens with zero attached hydrogens (tertiary/aromatic N) is 1. The van der Waals surface area contributed by atoms with E-state index in [0.717, 1.165) is 24.9 Å². The Morgan fingerprint density at radius 3 is 2.19 bits per heavy atom. The summed E-state index contributed by atoms with van der Waals surface area (Å²) in [6.07, 6.45) is 3.60. The van der Waals surface area contributed by atoms with Gasteiger partial charge in [-0.2, -0.15) is 0 Å². The van der Waals surface area contributed by atoms with E-state index in [1.54, 1.807) is 0 Å². The minimum Gasteiger partial charge on any atom is -0.372 e. The van der Waals surface area contributed by atoms with Crippen LogP contribution in [0.5, 0.6) is 0 Å². The third kappa shape index (κ3) is 2.11. The molecule has 1 fully saturated rings. The second-order valence-corrected chi connectivity index (χ2v) is 5.08. The van der Waals surface area contributed by atoms with E-state index in [9.17, 15) is 4.79 Å². The number of anilines is 1. The highest BCUT2D eigenvalue weighted by Crippen LogP contribution is 2.25. The van der Waals surface area contributed by atoms with Gasteiger partial charge in [-0.15, -0.1) is 0 Å². The molecule has 0 N–H and O–H groups in total. The van der Waals surface area contributed by atoms with E-state index < -0.39 is 0 Å². The largest absolute Gasteiger partial charge is 0.372 e. The molecular weight excluding hydrogens is 198 g/mol. The van der Waals surface area contributed by atoms with Crippen LogP contribution in [0.25, 0.3) is 0 Å². The van der Waals surface area contributed by atoms with Crippen LogP contribution >= 0.6 is 0 Å². The Bertz CT molecular complexity index is 361. The number of benzene rings is 1. The summed E-state index contributed by atoms with van der Waals surface area (Å²) in [6, 6.07) is 8.40. The number of hydrogen-bond donors (Lipinski definition) is 0. The average molecular weight is 217 g/mol. The van der Waals surface area contributed by atoms with Crippen LogP contribution in [0.4, 0.5) is 5.69 Å². The van der Waals surface area contributed by atoms with Crippen LogP contribution in [0.3, 0.4) is 0 Å². The van der Waals surface area contributed by atoms with Crippen molar-refractivity contribution in [2.75, 3.05) is 18.0 Å². The van der Waals surface area contributed by atoms with Crippen molar-refractivity contribution in [2.45, 2.75) is 32.1 Å². The molecule has 0 atom stereocenters. The molecule has 0 bridgehead atoms. The second-order valence-electron chi connectivity index (χ2n) is 5.08. The summed E-state index contributed by atoms with van der Waals surface area (Å²) >= 11 is 0. The van der Waals surface area contributed by atoms with Crippen molar-refractivity contribution >= 4 is 12.0 Å². The van der Waals surface area contributed by atoms with E-state index >= 15 is 0 Å². The highest BCUT2D eigenvalue weighted by atomic mass is 16.1. The predicted molar refractivity (Wildman–Crippen MR) is 67.0 cm³/mol. The van der Waals surface area contributed by atoms with Gasteiger partial charge < -0.3 is 9.69 Å². The maximum atomic E-state index is 11.0. The molecule has 1 aliphatic rings. The molecule has 0 amide bonds. The minimum atomic E-state index is -0.371. The van der Waals surface area contributed by atoms with E-state index in [2.05, 4.69) is 29.2 Å². The van der Waals surface area contributed by atoms with Crippen molar-refractivity contribution in [1.29, 1.82) is 0 Å². The molecule has 1 aromatic rings. The normalized spacial score (nSPS) is 16.5. The number of rotatable bonds is 3. The first-order chi connectivity index (χ1) is 7.63. The molecule has 1 aliphatic heterocycles. The van der Waals surface area contributed by atoms with Crippen molar-refractivity contribution in [1.82, 2.24) is 0 Å². The lowest BCUT2D eigenvalue weighted by Gasteiger charge is -2.21. The number of carbonyl (C=O) groups excluding carboxylic acids is 1. The predicted octanol–water partition coefficient (Wildman–Crippen LogP) is 2.76. The molecule has 1 aromatic carbocycles. The lowest BCUT2D eigenvalue weighted by molar-refractivity contribution is -0.111. The molecule has 0 radical (unpaired) electrons. The van der Waals surface area contributed by atoms with Gasteiger partial charge in [-0.25, -0.2) is 0 Å². The molecule has 0 aromatic heterocycles. The van der Waals surface area contributed by atoms with Gasteiger partial charge >= 0.3 is 0 Å². The van der Waals surface area contributed by atoms with Gasteiger partial charge in [0.05, 0.1) is 0 Å². The lowest BCUT2D eigenvalue weighted by atomic mass is 9.86. The summed E-state index contributed by atoms with van der Waals surface area (Å²) in [5, 5.41) is 0. The van der Waals surface area contributed by atoms with Crippen LogP contribution in [-0.4, -0.2) is 19.4 Å². The fraction of sp³-hybridized carbons (Fsp3) is 0.500. The van der Waals surface area contributed by atoms with Crippen LogP contribution in [-0.2, 0) is 10.2 Å². The zero-order chi connectivity index (χ0) is 11.6. The Kier molecular flexibility index (Phi) is 2.99. The van der Waals surface area contributed by atoms with Crippen molar-refractivity contribution in [3.8, 4) is 0 Å². The van der Waals surface area contributed by atoms with Crippen molar-refractivity contribution < 1.29 is 4.79 Å². The molecule has 86 valence electrons. The maximum absolute atomic E-state index is 11.0. The third-order valence-corrected chi connectivity index (χ3v) is 3.38. The molecular formula is C14H19NO. The molecule has 0 saturated carbocycles. The zero-order valence-electron chi connectivity index (χ0n) is 10.1. The summed E-state index contributed by atoms with van der Waals surface area (Å²) in [4.78, 5) is 13.4. The maximum Gasteiger partial charge on any atom is 0.129 e. The van der Waals surface area contributed by atoms with Gasteiger partial charge in [-0.1, -0.05) is 12.1 Å². The van der Waals surface area contributed by atoms with E-state index in [-0.39, 0.29) is 5.41 Å². The lowest BCUT2D eigenvalue weighted by Crippen LogP contribution is -2.20. The molecule has 1 saturated heterocycles. The van der Waals surface area contributed by atoms with Gasteiger partial charge in [0.2, 0.25) is 0 Å². The number of carbonyl (C=O) groups is 1. The SMILES string of the molecule is CC(C)(C=O)c1ccc(N2CCCC2)cc1. The third-order valence-electron chi connectivity index (χ3n) is 3.38. The Morgan fingerprint density at radius 2 is 1.69 bits per heavy atom. The first-order valence-corrected chi connectivity index (χ1v) is 5.95. The summed E-state index contributed by atoms with van der Waals surface area (Å²) in [7, 11) is 0. The topological polar surface area (TPSA) is 20.3 Å². The highest BCUT2D eigenvalue weighted by molar-refractivity contribution is 5.67. The summed E-state index contributed by atoms with van der Waals surface area (Å²) in [6.45, 7) is 6.22. The molecule has 0 unspecified atom stereocenters. The summed E-state index contributed by atoms with van der Waals surface area (Å²) < 4.78 is 0. The van der Waals surface area contributed by atoms with Crippen molar-refractivity contribution in [2.24, 2.45) is 0 Å². The summed E-state index contributed by atoms with van der Waals surface area (Å²) in [5.74, 6) is 0. The molecule has 2 heteroatoms. The quantitative estimate of drug-likeness (QED) is 0.726. The molecule has 16 heavy (non-hydrogen) atoms. The molecule has 0 aliphatic carbocycles. The van der Waals surface area contributed by atoms with Gasteiger partial charge in [0.25, 0.3) is 0 Å². The average Bonchev–Trinajstić information content (AvgIpc) is 2.83. The monoisotopic (exact) mass is 217 g/mol. The Morgan fingerprint density at radius 1 is 1.12 bits per heavy atom.